The van der Waals surface area contributed by atoms with Gasteiger partial charge in [0.15, 0.2) is 0 Å². The number of carbonyl (C=O) groups excluding carboxylic acids is 1. The van der Waals surface area contributed by atoms with E-state index in [0.29, 0.717) is 0 Å². The summed E-state index contributed by atoms with van der Waals surface area (Å²) in [6, 6.07) is 7.32. The maximum Gasteiger partial charge on any atom is 0.256 e. The zero-order chi connectivity index (χ0) is 12.4. The molecular weight excluding hydrogens is 218 g/mol. The SMILES string of the molecule is COc1ccc2c(ccn2C(C)C(=O)NN)c1. The highest BCUT2D eigenvalue weighted by Gasteiger charge is 2.15. The van der Waals surface area contributed by atoms with Gasteiger partial charge in [-0.05, 0) is 31.2 Å². The minimum absolute atomic E-state index is 0.224. The molecule has 0 bridgehead atoms. The van der Waals surface area contributed by atoms with E-state index in [1.807, 2.05) is 35.0 Å². The zero-order valence-electron chi connectivity index (χ0n) is 9.81. The van der Waals surface area contributed by atoms with Crippen LogP contribution < -0.4 is 16.0 Å². The molecule has 0 aliphatic rings. The number of ether oxygens (including phenoxy) is 1. The Labute approximate surface area is 99.1 Å². The molecule has 1 atom stereocenters. The first-order valence-electron chi connectivity index (χ1n) is 5.32. The molecule has 2 aromatic rings. The molecule has 17 heavy (non-hydrogen) atoms. The number of hydrazine groups is 1. The van der Waals surface area contributed by atoms with Crippen molar-refractivity contribution in [3.8, 4) is 5.75 Å². The van der Waals surface area contributed by atoms with E-state index in [2.05, 4.69) is 5.43 Å². The molecule has 5 nitrogen and oxygen atoms in total. The molecule has 1 amide bonds. The number of hydrogen-bond donors (Lipinski definition) is 2. The Morgan fingerprint density at radius 1 is 1.47 bits per heavy atom. The van der Waals surface area contributed by atoms with Crippen LogP contribution in [0, 0.1) is 0 Å². The first-order chi connectivity index (χ1) is 8.17. The van der Waals surface area contributed by atoms with Crippen molar-refractivity contribution in [3.05, 3.63) is 30.5 Å². The van der Waals surface area contributed by atoms with Gasteiger partial charge < -0.3 is 9.30 Å². The van der Waals surface area contributed by atoms with Crippen molar-refractivity contribution in [2.24, 2.45) is 5.84 Å². The van der Waals surface area contributed by atoms with E-state index < -0.39 is 0 Å². The van der Waals surface area contributed by atoms with Gasteiger partial charge in [0, 0.05) is 17.1 Å². The Hall–Kier alpha value is -2.01. The van der Waals surface area contributed by atoms with Crippen LogP contribution in [0.2, 0.25) is 0 Å². The number of amides is 1. The van der Waals surface area contributed by atoms with Crippen molar-refractivity contribution < 1.29 is 9.53 Å². The predicted molar refractivity (Wildman–Crippen MR) is 65.5 cm³/mol. The molecule has 0 saturated heterocycles. The van der Waals surface area contributed by atoms with Gasteiger partial charge in [-0.15, -0.1) is 0 Å². The van der Waals surface area contributed by atoms with Crippen LogP contribution in [0.25, 0.3) is 10.9 Å². The summed E-state index contributed by atoms with van der Waals surface area (Å²) in [5, 5.41) is 1.03. The van der Waals surface area contributed by atoms with Gasteiger partial charge in [0.1, 0.15) is 11.8 Å². The summed E-state index contributed by atoms with van der Waals surface area (Å²) in [6.45, 7) is 1.80. The van der Waals surface area contributed by atoms with Crippen molar-refractivity contribution in [3.63, 3.8) is 0 Å². The third-order valence-electron chi connectivity index (χ3n) is 2.87. The number of aromatic nitrogens is 1. The number of benzene rings is 1. The summed E-state index contributed by atoms with van der Waals surface area (Å²) in [5.74, 6) is 5.71. The fourth-order valence-electron chi connectivity index (χ4n) is 1.85. The molecule has 0 saturated carbocycles. The Morgan fingerprint density at radius 3 is 2.88 bits per heavy atom. The van der Waals surface area contributed by atoms with Gasteiger partial charge in [0.2, 0.25) is 0 Å². The minimum atomic E-state index is -0.342. The number of rotatable bonds is 3. The average molecular weight is 233 g/mol. The molecule has 0 radical (unpaired) electrons. The number of nitrogens with zero attached hydrogens (tertiary/aromatic N) is 1. The molecule has 3 N–H and O–H groups in total. The van der Waals surface area contributed by atoms with Gasteiger partial charge in [-0.1, -0.05) is 0 Å². The second-order valence-corrected chi connectivity index (χ2v) is 3.83. The van der Waals surface area contributed by atoms with E-state index in [0.717, 1.165) is 16.7 Å². The maximum absolute atomic E-state index is 11.5. The largest absolute Gasteiger partial charge is 0.497 e. The van der Waals surface area contributed by atoms with E-state index in [1.54, 1.807) is 14.0 Å². The smallest absolute Gasteiger partial charge is 0.256 e. The number of nitrogens with two attached hydrogens (primary N) is 1. The van der Waals surface area contributed by atoms with Gasteiger partial charge in [-0.2, -0.15) is 0 Å². The summed E-state index contributed by atoms with van der Waals surface area (Å²) >= 11 is 0. The number of nitrogens with one attached hydrogen (secondary N) is 1. The molecule has 0 spiro atoms. The van der Waals surface area contributed by atoms with Gasteiger partial charge in [-0.3, -0.25) is 10.2 Å². The number of methoxy groups -OCH3 is 1. The van der Waals surface area contributed by atoms with E-state index in [-0.39, 0.29) is 11.9 Å². The predicted octanol–water partition coefficient (Wildman–Crippen LogP) is 1.20. The molecule has 0 aliphatic carbocycles. The highest BCUT2D eigenvalue weighted by atomic mass is 16.5. The summed E-state index contributed by atoms with van der Waals surface area (Å²) in [4.78, 5) is 11.5. The number of hydrogen-bond acceptors (Lipinski definition) is 3. The lowest BCUT2D eigenvalue weighted by atomic mass is 10.2. The van der Waals surface area contributed by atoms with E-state index in [9.17, 15) is 4.79 Å². The highest BCUT2D eigenvalue weighted by molar-refractivity contribution is 5.86. The van der Waals surface area contributed by atoms with E-state index in [4.69, 9.17) is 10.6 Å². The second-order valence-electron chi connectivity index (χ2n) is 3.83. The lowest BCUT2D eigenvalue weighted by Crippen LogP contribution is -2.35. The van der Waals surface area contributed by atoms with Crippen molar-refractivity contribution >= 4 is 16.8 Å². The molecule has 1 heterocycles. The first kappa shape index (κ1) is 11.5. The number of carbonyl (C=O) groups is 1. The molecule has 0 fully saturated rings. The van der Waals surface area contributed by atoms with E-state index in [1.165, 1.54) is 0 Å². The third-order valence-corrected chi connectivity index (χ3v) is 2.87. The lowest BCUT2D eigenvalue weighted by Gasteiger charge is -2.13. The molecule has 90 valence electrons. The average Bonchev–Trinajstić information content (AvgIpc) is 2.79. The van der Waals surface area contributed by atoms with Gasteiger partial charge in [0.25, 0.3) is 5.91 Å². The van der Waals surface area contributed by atoms with Crippen LogP contribution >= 0.6 is 0 Å². The molecule has 1 aromatic carbocycles. The quantitative estimate of drug-likeness (QED) is 0.475. The maximum atomic E-state index is 11.5. The Kier molecular flexibility index (Phi) is 3.01. The lowest BCUT2D eigenvalue weighted by molar-refractivity contribution is -0.123. The first-order valence-corrected chi connectivity index (χ1v) is 5.32. The summed E-state index contributed by atoms with van der Waals surface area (Å²) in [5.41, 5.74) is 3.13. The molecule has 1 unspecified atom stereocenters. The van der Waals surface area contributed by atoms with Crippen LogP contribution in [0.4, 0.5) is 0 Å². The zero-order valence-corrected chi connectivity index (χ0v) is 9.81. The van der Waals surface area contributed by atoms with Crippen molar-refractivity contribution in [1.82, 2.24) is 9.99 Å². The summed E-state index contributed by atoms with van der Waals surface area (Å²) in [6.07, 6.45) is 1.87. The number of fused-ring (bicyclic) bond motifs is 1. The molecule has 2 rings (SSSR count). The second kappa shape index (κ2) is 4.47. The standard InChI is InChI=1S/C12H15N3O2/c1-8(12(16)14-13)15-6-5-9-7-10(17-2)3-4-11(9)15/h3-8H,13H2,1-2H3,(H,14,16). The Balaban J connectivity index is 2.46. The topological polar surface area (TPSA) is 69.3 Å². The highest BCUT2D eigenvalue weighted by Crippen LogP contribution is 2.24. The van der Waals surface area contributed by atoms with Gasteiger partial charge in [-0.25, -0.2) is 5.84 Å². The van der Waals surface area contributed by atoms with Crippen LogP contribution in [-0.4, -0.2) is 17.6 Å². The fraction of sp³-hybridized carbons (Fsp3) is 0.250. The van der Waals surface area contributed by atoms with Gasteiger partial charge in [0.05, 0.1) is 7.11 Å². The fourth-order valence-corrected chi connectivity index (χ4v) is 1.85. The summed E-state index contributed by atoms with van der Waals surface area (Å²) < 4.78 is 7.02. The van der Waals surface area contributed by atoms with Gasteiger partial charge >= 0.3 is 0 Å². The van der Waals surface area contributed by atoms with Crippen LogP contribution in [0.3, 0.4) is 0 Å². The molecule has 1 aromatic heterocycles. The van der Waals surface area contributed by atoms with Crippen LogP contribution in [0.15, 0.2) is 30.5 Å². The van der Waals surface area contributed by atoms with Crippen molar-refractivity contribution in [2.75, 3.05) is 7.11 Å². The monoisotopic (exact) mass is 233 g/mol. The van der Waals surface area contributed by atoms with Crippen LogP contribution in [0.5, 0.6) is 5.75 Å². The van der Waals surface area contributed by atoms with Crippen LogP contribution in [0.1, 0.15) is 13.0 Å². The molecule has 0 aliphatic heterocycles. The van der Waals surface area contributed by atoms with Crippen LogP contribution in [-0.2, 0) is 4.79 Å². The minimum Gasteiger partial charge on any atom is -0.497 e. The Morgan fingerprint density at radius 2 is 2.24 bits per heavy atom. The Bertz CT molecular complexity index is 548. The van der Waals surface area contributed by atoms with E-state index >= 15 is 0 Å². The summed E-state index contributed by atoms with van der Waals surface area (Å²) in [7, 11) is 1.63. The van der Waals surface area contributed by atoms with Crippen molar-refractivity contribution in [1.29, 1.82) is 0 Å². The third kappa shape index (κ3) is 1.97. The molecule has 5 heteroatoms. The van der Waals surface area contributed by atoms with Crippen molar-refractivity contribution in [2.45, 2.75) is 13.0 Å². The molecular formula is C12H15N3O2. The normalized spacial score (nSPS) is 12.4.